The lowest BCUT2D eigenvalue weighted by Crippen LogP contribution is -2.24. The number of aliphatic imine (C=N–C) groups is 1. The quantitative estimate of drug-likeness (QED) is 0.886. The third-order valence-corrected chi connectivity index (χ3v) is 4.69. The normalized spacial score (nSPS) is 17.7. The maximum absolute atomic E-state index is 13.2. The second kappa shape index (κ2) is 5.31. The highest BCUT2D eigenvalue weighted by molar-refractivity contribution is 8.14. The number of aryl methyl sites for hydroxylation is 1. The number of nitrogens with one attached hydrogen (secondary N) is 1. The van der Waals surface area contributed by atoms with Crippen LogP contribution in [-0.4, -0.2) is 16.5 Å². The molecule has 4 heteroatoms. The summed E-state index contributed by atoms with van der Waals surface area (Å²) in [5.74, 6) is 0.862. The second-order valence-electron chi connectivity index (χ2n) is 4.73. The van der Waals surface area contributed by atoms with Crippen LogP contribution >= 0.6 is 11.8 Å². The molecular weight excluding hydrogens is 247 g/mol. The zero-order valence-electron chi connectivity index (χ0n) is 11.1. The van der Waals surface area contributed by atoms with E-state index in [1.165, 1.54) is 6.07 Å². The maximum atomic E-state index is 13.2. The van der Waals surface area contributed by atoms with Gasteiger partial charge in [0.2, 0.25) is 0 Å². The van der Waals surface area contributed by atoms with Gasteiger partial charge in [0.15, 0.2) is 5.17 Å². The van der Waals surface area contributed by atoms with Crippen molar-refractivity contribution < 1.29 is 4.39 Å². The lowest BCUT2D eigenvalue weighted by Gasteiger charge is -2.20. The summed E-state index contributed by atoms with van der Waals surface area (Å²) in [4.78, 5) is 4.78. The molecule has 1 heterocycles. The number of hydrogen-bond donors (Lipinski definition) is 1. The molecule has 0 bridgehead atoms. The maximum Gasteiger partial charge on any atom is 0.161 e. The summed E-state index contributed by atoms with van der Waals surface area (Å²) in [5, 5.41) is 4.23. The minimum atomic E-state index is -0.168. The van der Waals surface area contributed by atoms with E-state index in [9.17, 15) is 4.39 Å². The summed E-state index contributed by atoms with van der Waals surface area (Å²) < 4.78 is 13.2. The van der Waals surface area contributed by atoms with Crippen LogP contribution < -0.4 is 5.32 Å². The fourth-order valence-electron chi connectivity index (χ4n) is 2.00. The fraction of sp³-hybridized carbons (Fsp3) is 0.500. The second-order valence-corrected chi connectivity index (χ2v) is 5.69. The van der Waals surface area contributed by atoms with Gasteiger partial charge < -0.3 is 5.32 Å². The van der Waals surface area contributed by atoms with Gasteiger partial charge in [-0.25, -0.2) is 4.39 Å². The number of rotatable bonds is 3. The molecule has 0 aromatic heterocycles. The van der Waals surface area contributed by atoms with Crippen molar-refractivity contribution in [2.75, 3.05) is 11.1 Å². The summed E-state index contributed by atoms with van der Waals surface area (Å²) in [6.07, 6.45) is 2.12. The molecule has 1 aliphatic heterocycles. The molecule has 0 radical (unpaired) electrons. The summed E-state index contributed by atoms with van der Waals surface area (Å²) in [7, 11) is 0. The van der Waals surface area contributed by atoms with Gasteiger partial charge in [-0.05, 0) is 43.5 Å². The predicted molar refractivity (Wildman–Crippen MR) is 78.0 cm³/mol. The molecule has 1 N–H and O–H groups in total. The van der Waals surface area contributed by atoms with Crippen LogP contribution in [0.3, 0.4) is 0 Å². The van der Waals surface area contributed by atoms with Gasteiger partial charge in [0.1, 0.15) is 5.82 Å². The molecule has 0 saturated heterocycles. The van der Waals surface area contributed by atoms with Gasteiger partial charge in [0.05, 0.1) is 5.54 Å². The number of anilines is 1. The van der Waals surface area contributed by atoms with Crippen LogP contribution in [0.25, 0.3) is 0 Å². The van der Waals surface area contributed by atoms with Crippen LogP contribution in [0.2, 0.25) is 0 Å². The van der Waals surface area contributed by atoms with Gasteiger partial charge >= 0.3 is 0 Å². The van der Waals surface area contributed by atoms with Gasteiger partial charge in [-0.2, -0.15) is 0 Å². The van der Waals surface area contributed by atoms with Gasteiger partial charge in [-0.1, -0.05) is 25.6 Å². The van der Waals surface area contributed by atoms with Crippen molar-refractivity contribution in [3.8, 4) is 0 Å². The van der Waals surface area contributed by atoms with Gasteiger partial charge in [-0.3, -0.25) is 4.99 Å². The predicted octanol–water partition coefficient (Wildman–Crippen LogP) is 4.21. The van der Waals surface area contributed by atoms with Crippen molar-refractivity contribution in [2.24, 2.45) is 4.99 Å². The average Bonchev–Trinajstić information content (AvgIpc) is 2.78. The van der Waals surface area contributed by atoms with E-state index in [1.54, 1.807) is 24.8 Å². The zero-order valence-corrected chi connectivity index (χ0v) is 11.9. The van der Waals surface area contributed by atoms with Crippen LogP contribution in [-0.2, 0) is 0 Å². The Hall–Kier alpha value is -1.03. The molecule has 18 heavy (non-hydrogen) atoms. The Labute approximate surface area is 112 Å². The largest absolute Gasteiger partial charge is 0.335 e. The Balaban J connectivity index is 2.13. The Morgan fingerprint density at radius 2 is 2.11 bits per heavy atom. The van der Waals surface area contributed by atoms with E-state index in [4.69, 9.17) is 4.99 Å². The van der Waals surface area contributed by atoms with Crippen molar-refractivity contribution in [1.82, 2.24) is 0 Å². The minimum Gasteiger partial charge on any atom is -0.335 e. The minimum absolute atomic E-state index is 0.0854. The van der Waals surface area contributed by atoms with Gasteiger partial charge in [0.25, 0.3) is 0 Å². The molecule has 0 amide bonds. The van der Waals surface area contributed by atoms with E-state index in [1.807, 2.05) is 6.07 Å². The molecule has 0 saturated carbocycles. The first kappa shape index (κ1) is 13.4. The molecule has 1 aromatic rings. The first-order valence-corrected chi connectivity index (χ1v) is 7.33. The highest BCUT2D eigenvalue weighted by Gasteiger charge is 2.32. The molecule has 0 fully saturated rings. The molecule has 0 aliphatic carbocycles. The number of benzene rings is 1. The van der Waals surface area contributed by atoms with E-state index in [0.717, 1.165) is 29.4 Å². The molecule has 0 atom stereocenters. The lowest BCUT2D eigenvalue weighted by atomic mass is 9.97. The number of nitrogens with zero attached hydrogens (tertiary/aromatic N) is 1. The molecule has 0 unspecified atom stereocenters. The molecule has 1 aliphatic rings. The first-order valence-electron chi connectivity index (χ1n) is 6.34. The SMILES string of the molecule is CCC1(CC)CSC(Nc2ccc(F)c(C)c2)=N1. The average molecular weight is 266 g/mol. The van der Waals surface area contributed by atoms with E-state index < -0.39 is 0 Å². The highest BCUT2D eigenvalue weighted by Crippen LogP contribution is 2.33. The third kappa shape index (κ3) is 2.69. The molecule has 0 spiro atoms. The molecule has 2 rings (SSSR count). The summed E-state index contributed by atoms with van der Waals surface area (Å²) >= 11 is 1.75. The summed E-state index contributed by atoms with van der Waals surface area (Å²) in [6, 6.07) is 5.06. The van der Waals surface area contributed by atoms with Crippen LogP contribution in [0.5, 0.6) is 0 Å². The smallest absolute Gasteiger partial charge is 0.161 e. The summed E-state index contributed by atoms with van der Waals surface area (Å²) in [5.41, 5.74) is 1.64. The Kier molecular flexibility index (Phi) is 3.95. The van der Waals surface area contributed by atoms with E-state index in [-0.39, 0.29) is 11.4 Å². The standard InChI is InChI=1S/C14H19FN2S/c1-4-14(5-2)9-18-13(17-14)16-11-6-7-12(15)10(3)8-11/h6-8H,4-5,9H2,1-3H3,(H,16,17). The fourth-order valence-corrected chi connectivity index (χ4v) is 3.33. The number of halogens is 1. The van der Waals surface area contributed by atoms with Crippen LogP contribution in [0, 0.1) is 12.7 Å². The van der Waals surface area contributed by atoms with E-state index in [2.05, 4.69) is 19.2 Å². The third-order valence-electron chi connectivity index (χ3n) is 3.54. The van der Waals surface area contributed by atoms with Crippen molar-refractivity contribution in [1.29, 1.82) is 0 Å². The van der Waals surface area contributed by atoms with Crippen LogP contribution in [0.15, 0.2) is 23.2 Å². The topological polar surface area (TPSA) is 24.4 Å². The van der Waals surface area contributed by atoms with Gasteiger partial charge in [0, 0.05) is 11.4 Å². The lowest BCUT2D eigenvalue weighted by molar-refractivity contribution is 0.456. The van der Waals surface area contributed by atoms with Crippen LogP contribution in [0.1, 0.15) is 32.3 Å². The van der Waals surface area contributed by atoms with Crippen molar-refractivity contribution >= 4 is 22.6 Å². The summed E-state index contributed by atoms with van der Waals surface area (Å²) in [6.45, 7) is 6.13. The number of hydrogen-bond acceptors (Lipinski definition) is 3. The molecule has 2 nitrogen and oxygen atoms in total. The van der Waals surface area contributed by atoms with Gasteiger partial charge in [-0.15, -0.1) is 0 Å². The molecule has 1 aromatic carbocycles. The van der Waals surface area contributed by atoms with Crippen LogP contribution in [0.4, 0.5) is 10.1 Å². The number of thioether (sulfide) groups is 1. The Morgan fingerprint density at radius 1 is 1.39 bits per heavy atom. The van der Waals surface area contributed by atoms with Crippen molar-refractivity contribution in [3.63, 3.8) is 0 Å². The first-order chi connectivity index (χ1) is 8.58. The molecular formula is C14H19FN2S. The number of amidine groups is 1. The van der Waals surface area contributed by atoms with Crippen molar-refractivity contribution in [2.45, 2.75) is 39.2 Å². The highest BCUT2D eigenvalue weighted by atomic mass is 32.2. The zero-order chi connectivity index (χ0) is 13.2. The van der Waals surface area contributed by atoms with E-state index in [0.29, 0.717) is 5.56 Å². The van der Waals surface area contributed by atoms with Crippen molar-refractivity contribution in [3.05, 3.63) is 29.6 Å². The Morgan fingerprint density at radius 3 is 2.67 bits per heavy atom. The molecule has 98 valence electrons. The Bertz CT molecular complexity index is 467. The van der Waals surface area contributed by atoms with E-state index >= 15 is 0 Å². The monoisotopic (exact) mass is 266 g/mol.